The lowest BCUT2D eigenvalue weighted by Crippen LogP contribution is -2.49. The molecule has 1 aliphatic rings. The van der Waals surface area contributed by atoms with Gasteiger partial charge in [0, 0.05) is 24.3 Å². The van der Waals surface area contributed by atoms with Crippen molar-refractivity contribution in [3.05, 3.63) is 12.2 Å². The summed E-state index contributed by atoms with van der Waals surface area (Å²) in [6, 6.07) is -2.64. The predicted molar refractivity (Wildman–Crippen MR) is 88.1 cm³/mol. The second-order valence-electron chi connectivity index (χ2n) is 5.19. The Morgan fingerprint density at radius 3 is 2.15 bits per heavy atom. The van der Waals surface area contributed by atoms with Crippen LogP contribution >= 0.6 is 12.6 Å². The summed E-state index contributed by atoms with van der Waals surface area (Å²) in [5, 5.41) is 22.0. The van der Waals surface area contributed by atoms with Crippen LogP contribution in [0.5, 0.6) is 0 Å². The average Bonchev–Trinajstić information content (AvgIpc) is 2.89. The van der Waals surface area contributed by atoms with E-state index in [0.717, 1.165) is 12.2 Å². The summed E-state index contributed by atoms with van der Waals surface area (Å²) < 4.78 is 0. The molecule has 1 heterocycles. The first-order valence-electron chi connectivity index (χ1n) is 7.35. The first-order valence-corrected chi connectivity index (χ1v) is 7.98. The number of rotatable bonds is 10. The molecule has 26 heavy (non-hydrogen) atoms. The Labute approximate surface area is 152 Å². The number of imide groups is 1. The first-order chi connectivity index (χ1) is 12.2. The van der Waals surface area contributed by atoms with Gasteiger partial charge in [0.1, 0.15) is 18.6 Å². The zero-order chi connectivity index (χ0) is 19.9. The molecule has 1 aliphatic heterocycles. The van der Waals surface area contributed by atoms with Gasteiger partial charge in [-0.25, -0.2) is 4.79 Å². The predicted octanol–water partition coefficient (Wildman–Crippen LogP) is -2.24. The number of nitrogens with zero attached hydrogens (tertiary/aromatic N) is 1. The lowest BCUT2D eigenvalue weighted by molar-refractivity contribution is -0.153. The molecular formula is C14H17N3O8S. The Morgan fingerprint density at radius 2 is 1.69 bits per heavy atom. The van der Waals surface area contributed by atoms with Crippen LogP contribution in [0.25, 0.3) is 0 Å². The third-order valence-electron chi connectivity index (χ3n) is 3.33. The van der Waals surface area contributed by atoms with Crippen molar-refractivity contribution in [2.24, 2.45) is 0 Å². The summed E-state index contributed by atoms with van der Waals surface area (Å²) in [7, 11) is 0. The van der Waals surface area contributed by atoms with E-state index in [2.05, 4.69) is 23.3 Å². The van der Waals surface area contributed by atoms with Gasteiger partial charge in [-0.05, 0) is 6.42 Å². The highest BCUT2D eigenvalue weighted by Gasteiger charge is 2.36. The van der Waals surface area contributed by atoms with Crippen molar-refractivity contribution < 1.29 is 39.0 Å². The Kier molecular flexibility index (Phi) is 7.77. The largest absolute Gasteiger partial charge is 0.480 e. The van der Waals surface area contributed by atoms with Gasteiger partial charge in [-0.15, -0.1) is 0 Å². The zero-order valence-corrected chi connectivity index (χ0v) is 14.3. The summed E-state index contributed by atoms with van der Waals surface area (Å²) in [4.78, 5) is 69.0. The van der Waals surface area contributed by atoms with Gasteiger partial charge in [-0.2, -0.15) is 12.6 Å². The van der Waals surface area contributed by atoms with E-state index in [1.165, 1.54) is 0 Å². The van der Waals surface area contributed by atoms with E-state index in [4.69, 9.17) is 5.11 Å². The van der Waals surface area contributed by atoms with Crippen LogP contribution < -0.4 is 10.6 Å². The molecule has 1 unspecified atom stereocenters. The summed E-state index contributed by atoms with van der Waals surface area (Å²) in [6.07, 6.45) is 1.13. The molecule has 0 aromatic rings. The lowest BCUT2D eigenvalue weighted by atomic mass is 10.1. The molecule has 0 spiro atoms. The van der Waals surface area contributed by atoms with Crippen molar-refractivity contribution in [3.63, 3.8) is 0 Å². The molecule has 0 saturated carbocycles. The van der Waals surface area contributed by atoms with Gasteiger partial charge < -0.3 is 20.8 Å². The molecule has 0 radical (unpaired) electrons. The van der Waals surface area contributed by atoms with Crippen LogP contribution in [-0.4, -0.2) is 75.1 Å². The van der Waals surface area contributed by atoms with E-state index in [0.29, 0.717) is 4.90 Å². The average molecular weight is 387 g/mol. The van der Waals surface area contributed by atoms with Crippen LogP contribution in [0.15, 0.2) is 12.2 Å². The van der Waals surface area contributed by atoms with Gasteiger partial charge in [-0.3, -0.25) is 28.9 Å². The molecule has 0 bridgehead atoms. The number of carboxylic acids is 2. The molecule has 142 valence electrons. The molecule has 4 amide bonds. The van der Waals surface area contributed by atoms with Crippen LogP contribution in [0.2, 0.25) is 0 Å². The third kappa shape index (κ3) is 5.88. The number of carbonyl (C=O) groups excluding carboxylic acids is 4. The molecule has 2 atom stereocenters. The lowest BCUT2D eigenvalue weighted by Gasteiger charge is -2.22. The van der Waals surface area contributed by atoms with E-state index in [1.807, 2.05) is 0 Å². The van der Waals surface area contributed by atoms with Gasteiger partial charge >= 0.3 is 11.9 Å². The van der Waals surface area contributed by atoms with Crippen LogP contribution in [-0.2, 0) is 28.8 Å². The third-order valence-corrected chi connectivity index (χ3v) is 3.70. The highest BCUT2D eigenvalue weighted by atomic mass is 32.1. The summed E-state index contributed by atoms with van der Waals surface area (Å²) >= 11 is 3.89. The molecule has 0 fully saturated rings. The quantitative estimate of drug-likeness (QED) is 0.207. The van der Waals surface area contributed by atoms with Crippen LogP contribution in [0.1, 0.15) is 12.8 Å². The van der Waals surface area contributed by atoms with Gasteiger partial charge in [-0.1, -0.05) is 0 Å². The van der Waals surface area contributed by atoms with Crippen molar-refractivity contribution in [1.29, 1.82) is 0 Å². The molecule has 1 rings (SSSR count). The first kappa shape index (κ1) is 21.2. The highest BCUT2D eigenvalue weighted by Crippen LogP contribution is 2.14. The number of carbonyl (C=O) groups is 6. The number of thiol groups is 1. The fourth-order valence-electron chi connectivity index (χ4n) is 2.10. The van der Waals surface area contributed by atoms with Crippen molar-refractivity contribution in [2.45, 2.75) is 24.9 Å². The van der Waals surface area contributed by atoms with Gasteiger partial charge in [0.05, 0.1) is 0 Å². The minimum Gasteiger partial charge on any atom is -0.480 e. The zero-order valence-electron chi connectivity index (χ0n) is 13.4. The van der Waals surface area contributed by atoms with Crippen LogP contribution in [0, 0.1) is 0 Å². The van der Waals surface area contributed by atoms with Crippen molar-refractivity contribution >= 4 is 48.2 Å². The molecule has 0 aliphatic carbocycles. The van der Waals surface area contributed by atoms with E-state index in [1.54, 1.807) is 0 Å². The Hall–Kier alpha value is -2.89. The molecule has 0 aromatic heterocycles. The Morgan fingerprint density at radius 1 is 1.12 bits per heavy atom. The number of carboxylic acid groups (broad SMARTS) is 2. The van der Waals surface area contributed by atoms with Crippen molar-refractivity contribution in [2.75, 3.05) is 12.3 Å². The summed E-state index contributed by atoms with van der Waals surface area (Å²) in [5.74, 6) is -5.89. The number of aliphatic carboxylic acids is 2. The monoisotopic (exact) mass is 387 g/mol. The number of amides is 4. The fourth-order valence-corrected chi connectivity index (χ4v) is 2.35. The molecule has 12 heteroatoms. The summed E-state index contributed by atoms with van der Waals surface area (Å²) in [6.45, 7) is -0.633. The standard InChI is InChI=1S/C14H17N3O8S/c18-9(16-7(6-26)13(23)15-5-12(21)22)2-1-8(14(24)25)17-10(19)3-4-11(17)20/h3-4,7-8,26H,1-2,5-6H2,(H,15,23)(H,16,18)(H,21,22)(H,24,25)/t7-,8?/m1/s1. The normalized spacial score (nSPS) is 15.5. The number of nitrogens with one attached hydrogen (secondary N) is 2. The maximum absolute atomic E-state index is 11.9. The van der Waals surface area contributed by atoms with E-state index in [-0.39, 0.29) is 18.6 Å². The summed E-state index contributed by atoms with van der Waals surface area (Å²) in [5.41, 5.74) is 0. The van der Waals surface area contributed by atoms with E-state index in [9.17, 15) is 33.9 Å². The minimum absolute atomic E-state index is 0.118. The maximum Gasteiger partial charge on any atom is 0.326 e. The molecular weight excluding hydrogens is 370 g/mol. The maximum atomic E-state index is 11.9. The molecule has 0 aromatic carbocycles. The second-order valence-corrected chi connectivity index (χ2v) is 5.55. The SMILES string of the molecule is O=C(O)CNC(=O)[C@@H](CS)NC(=O)CCC(C(=O)O)N1C(=O)C=CC1=O. The van der Waals surface area contributed by atoms with Crippen LogP contribution in [0.3, 0.4) is 0 Å². The molecule has 0 saturated heterocycles. The van der Waals surface area contributed by atoms with Gasteiger partial charge in [0.15, 0.2) is 0 Å². The fraction of sp³-hybridized carbons (Fsp3) is 0.429. The Bertz CT molecular complexity index is 645. The number of hydrogen-bond acceptors (Lipinski definition) is 7. The smallest absolute Gasteiger partial charge is 0.326 e. The van der Waals surface area contributed by atoms with E-state index >= 15 is 0 Å². The Balaban J connectivity index is 2.61. The minimum atomic E-state index is -1.52. The molecule has 4 N–H and O–H groups in total. The van der Waals surface area contributed by atoms with Gasteiger partial charge in [0.2, 0.25) is 11.8 Å². The highest BCUT2D eigenvalue weighted by molar-refractivity contribution is 7.80. The second kappa shape index (κ2) is 9.56. The number of hydrogen-bond donors (Lipinski definition) is 5. The topological polar surface area (TPSA) is 170 Å². The van der Waals surface area contributed by atoms with Crippen molar-refractivity contribution in [1.82, 2.24) is 15.5 Å². The van der Waals surface area contributed by atoms with E-state index < -0.39 is 54.2 Å². The molecule has 11 nitrogen and oxygen atoms in total. The van der Waals surface area contributed by atoms with Crippen LogP contribution in [0.4, 0.5) is 0 Å². The van der Waals surface area contributed by atoms with Gasteiger partial charge in [0.25, 0.3) is 11.8 Å². The van der Waals surface area contributed by atoms with Crippen molar-refractivity contribution in [3.8, 4) is 0 Å².